The van der Waals surface area contributed by atoms with Crippen LogP contribution in [0.25, 0.3) is 0 Å². The van der Waals surface area contributed by atoms with Gasteiger partial charge in [0.2, 0.25) is 0 Å². The molecule has 0 amide bonds. The summed E-state index contributed by atoms with van der Waals surface area (Å²) in [7, 11) is 0. The molecule has 2 nitrogen and oxygen atoms in total. The van der Waals surface area contributed by atoms with Crippen molar-refractivity contribution in [2.24, 2.45) is 0 Å². The fourth-order valence-corrected chi connectivity index (χ4v) is 2.89. The molecule has 1 fully saturated rings. The third-order valence-corrected chi connectivity index (χ3v) is 3.91. The molecule has 1 aromatic heterocycles. The first-order valence-electron chi connectivity index (χ1n) is 7.03. The number of benzene rings is 1. The fourth-order valence-electron chi connectivity index (χ4n) is 2.89. The third kappa shape index (κ3) is 2.85. The van der Waals surface area contributed by atoms with Gasteiger partial charge >= 0.3 is 0 Å². The zero-order valence-electron chi connectivity index (χ0n) is 11.4. The van der Waals surface area contributed by atoms with Gasteiger partial charge in [-0.05, 0) is 43.5 Å². The molecule has 0 unspecified atom stereocenters. The average molecular weight is 252 g/mol. The summed E-state index contributed by atoms with van der Waals surface area (Å²) < 4.78 is 0. The maximum absolute atomic E-state index is 4.44. The molecule has 1 saturated heterocycles. The molecule has 0 radical (unpaired) electrons. The van der Waals surface area contributed by atoms with Crippen LogP contribution < -0.4 is 0 Å². The van der Waals surface area contributed by atoms with Crippen LogP contribution in [0.4, 0.5) is 0 Å². The average Bonchev–Trinajstić information content (AvgIpc) is 2.89. The lowest BCUT2D eigenvalue weighted by molar-refractivity contribution is 0.248. The van der Waals surface area contributed by atoms with Crippen LogP contribution in [0.3, 0.4) is 0 Å². The highest BCUT2D eigenvalue weighted by Crippen LogP contribution is 2.32. The Balaban J connectivity index is 1.76. The molecule has 98 valence electrons. The summed E-state index contributed by atoms with van der Waals surface area (Å²) in [4.78, 5) is 7.01. The SMILES string of the molecule is Cc1ccc([C@H]2CCCN2Cc2ccccc2)cn1. The maximum Gasteiger partial charge on any atom is 0.0372 e. The second kappa shape index (κ2) is 5.54. The number of rotatable bonds is 3. The molecule has 1 atom stereocenters. The van der Waals surface area contributed by atoms with Crippen LogP contribution in [-0.2, 0) is 6.54 Å². The van der Waals surface area contributed by atoms with E-state index in [9.17, 15) is 0 Å². The Bertz CT molecular complexity index is 519. The van der Waals surface area contributed by atoms with Crippen molar-refractivity contribution in [3.05, 3.63) is 65.5 Å². The van der Waals surface area contributed by atoms with Gasteiger partial charge in [0, 0.05) is 24.5 Å². The maximum atomic E-state index is 4.44. The van der Waals surface area contributed by atoms with Crippen molar-refractivity contribution in [1.29, 1.82) is 0 Å². The van der Waals surface area contributed by atoms with E-state index in [0.717, 1.165) is 12.2 Å². The van der Waals surface area contributed by atoms with Crippen molar-refractivity contribution in [2.45, 2.75) is 32.4 Å². The molecule has 19 heavy (non-hydrogen) atoms. The summed E-state index contributed by atoms with van der Waals surface area (Å²) in [6, 6.07) is 15.6. The minimum Gasteiger partial charge on any atom is -0.292 e. The molecular formula is C17H20N2. The molecule has 0 saturated carbocycles. The minimum atomic E-state index is 0.535. The highest BCUT2D eigenvalue weighted by molar-refractivity contribution is 5.20. The second-order valence-corrected chi connectivity index (χ2v) is 5.35. The summed E-state index contributed by atoms with van der Waals surface area (Å²) in [5, 5.41) is 0. The number of pyridine rings is 1. The number of hydrogen-bond acceptors (Lipinski definition) is 2. The molecule has 1 aliphatic rings. The standard InChI is InChI=1S/C17H20N2/c1-14-9-10-16(12-18-14)17-8-5-11-19(17)13-15-6-3-2-4-7-15/h2-4,6-7,9-10,12,17H,5,8,11,13H2,1H3/t17-/m1/s1. The lowest BCUT2D eigenvalue weighted by Gasteiger charge is -2.24. The van der Waals surface area contributed by atoms with E-state index in [1.54, 1.807) is 0 Å². The van der Waals surface area contributed by atoms with Gasteiger partial charge < -0.3 is 0 Å². The molecule has 0 bridgehead atoms. The summed E-state index contributed by atoms with van der Waals surface area (Å²) in [6.45, 7) is 4.27. The number of hydrogen-bond donors (Lipinski definition) is 0. The Kier molecular flexibility index (Phi) is 3.60. The Morgan fingerprint density at radius 2 is 2.00 bits per heavy atom. The molecule has 0 aliphatic carbocycles. The van der Waals surface area contributed by atoms with E-state index in [0.29, 0.717) is 6.04 Å². The van der Waals surface area contributed by atoms with Gasteiger partial charge in [-0.2, -0.15) is 0 Å². The van der Waals surface area contributed by atoms with Crippen LogP contribution in [0, 0.1) is 6.92 Å². The lowest BCUT2D eigenvalue weighted by atomic mass is 10.1. The van der Waals surface area contributed by atoms with Gasteiger partial charge in [-0.25, -0.2) is 0 Å². The normalized spacial score (nSPS) is 19.7. The van der Waals surface area contributed by atoms with Crippen LogP contribution in [0.2, 0.25) is 0 Å². The van der Waals surface area contributed by atoms with Crippen molar-refractivity contribution in [2.75, 3.05) is 6.54 Å². The Labute approximate surface area is 115 Å². The van der Waals surface area contributed by atoms with Crippen LogP contribution in [0.15, 0.2) is 48.7 Å². The number of nitrogens with zero attached hydrogens (tertiary/aromatic N) is 2. The predicted molar refractivity (Wildman–Crippen MR) is 77.8 cm³/mol. The van der Waals surface area contributed by atoms with E-state index in [-0.39, 0.29) is 0 Å². The monoisotopic (exact) mass is 252 g/mol. The molecular weight excluding hydrogens is 232 g/mol. The van der Waals surface area contributed by atoms with Crippen molar-refractivity contribution in [1.82, 2.24) is 9.88 Å². The van der Waals surface area contributed by atoms with Gasteiger partial charge in [-0.15, -0.1) is 0 Å². The molecule has 0 N–H and O–H groups in total. The van der Waals surface area contributed by atoms with Gasteiger partial charge in [0.15, 0.2) is 0 Å². The molecule has 1 aliphatic heterocycles. The molecule has 2 heteroatoms. The molecule has 1 aromatic carbocycles. The van der Waals surface area contributed by atoms with E-state index < -0.39 is 0 Å². The number of aryl methyl sites for hydroxylation is 1. The first-order valence-corrected chi connectivity index (χ1v) is 7.03. The van der Waals surface area contributed by atoms with E-state index >= 15 is 0 Å². The quantitative estimate of drug-likeness (QED) is 0.827. The van der Waals surface area contributed by atoms with E-state index in [2.05, 4.69) is 52.3 Å². The minimum absolute atomic E-state index is 0.535. The molecule has 2 aromatic rings. The zero-order chi connectivity index (χ0) is 13.1. The topological polar surface area (TPSA) is 16.1 Å². The van der Waals surface area contributed by atoms with E-state index in [4.69, 9.17) is 0 Å². The van der Waals surface area contributed by atoms with Crippen molar-refractivity contribution in [3.8, 4) is 0 Å². The van der Waals surface area contributed by atoms with Crippen molar-refractivity contribution < 1.29 is 0 Å². The first-order chi connectivity index (χ1) is 9.33. The summed E-state index contributed by atoms with van der Waals surface area (Å²) in [5.41, 5.74) is 3.85. The van der Waals surface area contributed by atoms with Crippen LogP contribution >= 0.6 is 0 Å². The second-order valence-electron chi connectivity index (χ2n) is 5.35. The van der Waals surface area contributed by atoms with E-state index in [1.165, 1.54) is 30.5 Å². The van der Waals surface area contributed by atoms with Crippen LogP contribution in [0.5, 0.6) is 0 Å². The van der Waals surface area contributed by atoms with Gasteiger partial charge in [0.05, 0.1) is 0 Å². The van der Waals surface area contributed by atoms with Gasteiger partial charge in [0.25, 0.3) is 0 Å². The summed E-state index contributed by atoms with van der Waals surface area (Å²) in [6.07, 6.45) is 4.58. The van der Waals surface area contributed by atoms with Gasteiger partial charge in [-0.1, -0.05) is 36.4 Å². The third-order valence-electron chi connectivity index (χ3n) is 3.91. The fraction of sp³-hybridized carbons (Fsp3) is 0.353. The lowest BCUT2D eigenvalue weighted by Crippen LogP contribution is -2.22. The van der Waals surface area contributed by atoms with E-state index in [1.807, 2.05) is 13.1 Å². The molecule has 0 spiro atoms. The Morgan fingerprint density at radius 3 is 2.74 bits per heavy atom. The van der Waals surface area contributed by atoms with Gasteiger partial charge in [-0.3, -0.25) is 9.88 Å². The smallest absolute Gasteiger partial charge is 0.0372 e. The summed E-state index contributed by atoms with van der Waals surface area (Å²) in [5.74, 6) is 0. The van der Waals surface area contributed by atoms with Crippen LogP contribution in [0.1, 0.15) is 35.7 Å². The van der Waals surface area contributed by atoms with Crippen LogP contribution in [-0.4, -0.2) is 16.4 Å². The van der Waals surface area contributed by atoms with Gasteiger partial charge in [0.1, 0.15) is 0 Å². The highest BCUT2D eigenvalue weighted by atomic mass is 15.2. The zero-order valence-corrected chi connectivity index (χ0v) is 11.4. The highest BCUT2D eigenvalue weighted by Gasteiger charge is 2.25. The Morgan fingerprint density at radius 1 is 1.16 bits per heavy atom. The molecule has 2 heterocycles. The number of likely N-dealkylation sites (tertiary alicyclic amines) is 1. The number of aromatic nitrogens is 1. The van der Waals surface area contributed by atoms with Crippen molar-refractivity contribution >= 4 is 0 Å². The first kappa shape index (κ1) is 12.4. The Hall–Kier alpha value is -1.67. The summed E-state index contributed by atoms with van der Waals surface area (Å²) >= 11 is 0. The molecule has 3 rings (SSSR count). The largest absolute Gasteiger partial charge is 0.292 e. The predicted octanol–water partition coefficient (Wildman–Crippen LogP) is 3.73. The van der Waals surface area contributed by atoms with Crippen molar-refractivity contribution in [3.63, 3.8) is 0 Å².